The number of carboxylic acid groups (broad SMARTS) is 1. The average molecular weight is 503 g/mol. The molecule has 0 radical (unpaired) electrons. The van der Waals surface area contributed by atoms with E-state index in [0.29, 0.717) is 11.5 Å². The van der Waals surface area contributed by atoms with Crippen molar-refractivity contribution in [2.45, 2.75) is 78.1 Å². The maximum Gasteiger partial charge on any atom is 0.346 e. The number of nitrogens with two attached hydrogens (primary N) is 1. The molecule has 0 fully saturated rings. The fourth-order valence-corrected chi connectivity index (χ4v) is 4.29. The highest BCUT2D eigenvalue weighted by Crippen LogP contribution is 2.19. The third kappa shape index (κ3) is 12.3. The Morgan fingerprint density at radius 3 is 2.11 bits per heavy atom. The fraction of sp³-hybridized carbons (Fsp3) is 0.438. The SMILES string of the molecule is CCCCCCCCCCOc1ccc(C=C(N)CC(C)Cc2ccc(/C=C(\C#N)C(=O)O)cc2)cc1. The number of carboxylic acids is 1. The number of aliphatic carboxylic acids is 1. The predicted octanol–water partition coefficient (Wildman–Crippen LogP) is 7.77. The van der Waals surface area contributed by atoms with Crippen molar-refractivity contribution < 1.29 is 14.6 Å². The number of hydrogen-bond donors (Lipinski definition) is 2. The van der Waals surface area contributed by atoms with Gasteiger partial charge in [-0.3, -0.25) is 0 Å². The van der Waals surface area contributed by atoms with Crippen LogP contribution in [0.15, 0.2) is 59.8 Å². The minimum atomic E-state index is -1.22. The van der Waals surface area contributed by atoms with Gasteiger partial charge < -0.3 is 15.6 Å². The van der Waals surface area contributed by atoms with E-state index in [1.807, 2.05) is 54.6 Å². The molecule has 2 aromatic carbocycles. The van der Waals surface area contributed by atoms with Crippen LogP contribution in [-0.2, 0) is 11.2 Å². The average Bonchev–Trinajstić information content (AvgIpc) is 2.88. The molecule has 0 saturated carbocycles. The summed E-state index contributed by atoms with van der Waals surface area (Å²) in [6.07, 6.45) is 15.4. The summed E-state index contributed by atoms with van der Waals surface area (Å²) in [4.78, 5) is 11.0. The second-order valence-corrected chi connectivity index (χ2v) is 9.84. The van der Waals surface area contributed by atoms with Crippen LogP contribution in [0, 0.1) is 17.2 Å². The number of benzene rings is 2. The lowest BCUT2D eigenvalue weighted by molar-refractivity contribution is -0.132. The first kappa shape index (κ1) is 29.7. The molecule has 0 heterocycles. The molecule has 1 unspecified atom stereocenters. The van der Waals surface area contributed by atoms with Crippen LogP contribution < -0.4 is 10.5 Å². The first-order valence-corrected chi connectivity index (χ1v) is 13.5. The Morgan fingerprint density at radius 1 is 0.946 bits per heavy atom. The highest BCUT2D eigenvalue weighted by atomic mass is 16.5. The van der Waals surface area contributed by atoms with Crippen LogP contribution in [0.3, 0.4) is 0 Å². The molecule has 2 aromatic rings. The van der Waals surface area contributed by atoms with Crippen LogP contribution in [0.4, 0.5) is 0 Å². The van der Waals surface area contributed by atoms with Crippen molar-refractivity contribution in [1.29, 1.82) is 5.26 Å². The van der Waals surface area contributed by atoms with Crippen molar-refractivity contribution in [3.8, 4) is 11.8 Å². The molecule has 5 heteroatoms. The number of hydrogen-bond acceptors (Lipinski definition) is 4. The van der Waals surface area contributed by atoms with Gasteiger partial charge >= 0.3 is 5.97 Å². The Kier molecular flexibility index (Phi) is 13.7. The fourth-order valence-electron chi connectivity index (χ4n) is 4.29. The molecule has 0 spiro atoms. The Morgan fingerprint density at radius 2 is 1.51 bits per heavy atom. The second-order valence-electron chi connectivity index (χ2n) is 9.84. The van der Waals surface area contributed by atoms with Gasteiger partial charge in [0.25, 0.3) is 0 Å². The van der Waals surface area contributed by atoms with Crippen LogP contribution in [0.5, 0.6) is 5.75 Å². The standard InChI is InChI=1S/C32H42N2O3/c1-3-4-5-6-7-8-9-10-19-37-31-17-15-28(16-18-31)23-30(34)21-25(2)20-26-11-13-27(14-12-26)22-29(24-33)32(35)36/h11-18,22-23,25H,3-10,19-21,34H2,1-2H3,(H,35,36)/b29-22+,30-23?. The minimum Gasteiger partial charge on any atom is -0.494 e. The summed E-state index contributed by atoms with van der Waals surface area (Å²) in [5.41, 5.74) is 9.78. The van der Waals surface area contributed by atoms with E-state index < -0.39 is 5.97 Å². The molecule has 198 valence electrons. The van der Waals surface area contributed by atoms with E-state index in [4.69, 9.17) is 20.8 Å². The van der Waals surface area contributed by atoms with Gasteiger partial charge in [0.15, 0.2) is 0 Å². The summed E-state index contributed by atoms with van der Waals surface area (Å²) in [5, 5.41) is 17.9. The van der Waals surface area contributed by atoms with E-state index in [9.17, 15) is 4.79 Å². The van der Waals surface area contributed by atoms with Gasteiger partial charge in [-0.2, -0.15) is 5.26 Å². The number of nitriles is 1. The summed E-state index contributed by atoms with van der Waals surface area (Å²) >= 11 is 0. The normalized spacial score (nSPS) is 12.7. The van der Waals surface area contributed by atoms with Gasteiger partial charge in [-0.05, 0) is 66.2 Å². The van der Waals surface area contributed by atoms with E-state index in [2.05, 4.69) is 13.8 Å². The summed E-state index contributed by atoms with van der Waals surface area (Å²) < 4.78 is 5.89. The summed E-state index contributed by atoms with van der Waals surface area (Å²) in [5.74, 6) is 0.0274. The lowest BCUT2D eigenvalue weighted by Crippen LogP contribution is -2.07. The molecule has 3 N–H and O–H groups in total. The van der Waals surface area contributed by atoms with E-state index in [0.717, 1.165) is 48.4 Å². The zero-order chi connectivity index (χ0) is 26.9. The molecule has 37 heavy (non-hydrogen) atoms. The lowest BCUT2D eigenvalue weighted by atomic mass is 9.95. The van der Waals surface area contributed by atoms with Gasteiger partial charge in [-0.15, -0.1) is 0 Å². The smallest absolute Gasteiger partial charge is 0.346 e. The van der Waals surface area contributed by atoms with Gasteiger partial charge in [-0.25, -0.2) is 4.79 Å². The van der Waals surface area contributed by atoms with E-state index >= 15 is 0 Å². The summed E-state index contributed by atoms with van der Waals surface area (Å²) in [6, 6.07) is 17.4. The number of allylic oxidation sites excluding steroid dienone is 1. The number of carbonyl (C=O) groups is 1. The Labute approximate surface area is 222 Å². The first-order chi connectivity index (χ1) is 17.9. The zero-order valence-corrected chi connectivity index (χ0v) is 22.4. The molecular formula is C32H42N2O3. The van der Waals surface area contributed by atoms with E-state index in [-0.39, 0.29) is 5.57 Å². The van der Waals surface area contributed by atoms with Crippen LogP contribution in [0.1, 0.15) is 88.3 Å². The number of unbranched alkanes of at least 4 members (excludes halogenated alkanes) is 7. The van der Waals surface area contributed by atoms with Crippen molar-refractivity contribution in [3.63, 3.8) is 0 Å². The van der Waals surface area contributed by atoms with Gasteiger partial charge in [-0.1, -0.05) is 95.2 Å². The van der Waals surface area contributed by atoms with E-state index in [1.54, 1.807) is 6.07 Å². The third-order valence-corrected chi connectivity index (χ3v) is 6.31. The maximum atomic E-state index is 11.0. The Hall–Kier alpha value is -3.52. The number of ether oxygens (including phenoxy) is 1. The van der Waals surface area contributed by atoms with Crippen LogP contribution >= 0.6 is 0 Å². The molecule has 0 aliphatic heterocycles. The lowest BCUT2D eigenvalue weighted by Gasteiger charge is -2.12. The van der Waals surface area contributed by atoms with Crippen LogP contribution in [-0.4, -0.2) is 17.7 Å². The molecular weight excluding hydrogens is 460 g/mol. The molecule has 2 rings (SSSR count). The highest BCUT2D eigenvalue weighted by Gasteiger charge is 2.08. The van der Waals surface area contributed by atoms with Gasteiger partial charge in [0.05, 0.1) is 6.61 Å². The monoisotopic (exact) mass is 502 g/mol. The van der Waals surface area contributed by atoms with Crippen molar-refractivity contribution in [1.82, 2.24) is 0 Å². The van der Waals surface area contributed by atoms with Gasteiger partial charge in [0, 0.05) is 5.70 Å². The molecule has 1 atom stereocenters. The van der Waals surface area contributed by atoms with Crippen molar-refractivity contribution in [3.05, 3.63) is 76.5 Å². The number of nitrogens with zero attached hydrogens (tertiary/aromatic N) is 1. The quantitative estimate of drug-likeness (QED) is 0.131. The molecule has 0 saturated heterocycles. The summed E-state index contributed by atoms with van der Waals surface area (Å²) in [7, 11) is 0. The molecule has 5 nitrogen and oxygen atoms in total. The molecule has 0 aromatic heterocycles. The van der Waals surface area contributed by atoms with Crippen LogP contribution in [0.25, 0.3) is 12.2 Å². The van der Waals surface area contributed by atoms with E-state index in [1.165, 1.54) is 51.0 Å². The first-order valence-electron chi connectivity index (χ1n) is 13.5. The highest BCUT2D eigenvalue weighted by molar-refractivity contribution is 5.96. The third-order valence-electron chi connectivity index (χ3n) is 6.31. The Balaban J connectivity index is 1.74. The largest absolute Gasteiger partial charge is 0.494 e. The number of rotatable bonds is 17. The molecule has 0 aliphatic carbocycles. The van der Waals surface area contributed by atoms with Gasteiger partial charge in [0.2, 0.25) is 0 Å². The Bertz CT molecular complexity index is 1050. The van der Waals surface area contributed by atoms with Gasteiger partial charge in [0.1, 0.15) is 17.4 Å². The van der Waals surface area contributed by atoms with Crippen molar-refractivity contribution >= 4 is 18.1 Å². The van der Waals surface area contributed by atoms with Crippen LogP contribution in [0.2, 0.25) is 0 Å². The minimum absolute atomic E-state index is 0.276. The molecule has 0 aliphatic rings. The topological polar surface area (TPSA) is 96.3 Å². The molecule has 0 amide bonds. The second kappa shape index (κ2) is 17.0. The predicted molar refractivity (Wildman–Crippen MR) is 152 cm³/mol. The molecule has 0 bridgehead atoms. The van der Waals surface area contributed by atoms with Crippen molar-refractivity contribution in [2.24, 2.45) is 11.7 Å². The summed E-state index contributed by atoms with van der Waals surface area (Å²) in [6.45, 7) is 5.18. The van der Waals surface area contributed by atoms with Crippen molar-refractivity contribution in [2.75, 3.05) is 6.61 Å². The maximum absolute atomic E-state index is 11.0. The zero-order valence-electron chi connectivity index (χ0n) is 22.4.